The molecule has 0 spiro atoms. The first-order valence-electron chi connectivity index (χ1n) is 9.54. The first-order valence-corrected chi connectivity index (χ1v) is 10.3. The summed E-state index contributed by atoms with van der Waals surface area (Å²) in [7, 11) is 0. The van der Waals surface area contributed by atoms with E-state index in [4.69, 9.17) is 4.98 Å². The summed E-state index contributed by atoms with van der Waals surface area (Å²) in [5.41, 5.74) is 7.91. The highest BCUT2D eigenvalue weighted by molar-refractivity contribution is 9.10. The summed E-state index contributed by atoms with van der Waals surface area (Å²) in [6, 6.07) is 14.7. The van der Waals surface area contributed by atoms with E-state index in [1.807, 2.05) is 24.5 Å². The number of nitrogens with one attached hydrogen (secondary N) is 2. The van der Waals surface area contributed by atoms with Gasteiger partial charge in [-0.3, -0.25) is 4.98 Å². The summed E-state index contributed by atoms with van der Waals surface area (Å²) in [6.45, 7) is 4.36. The Morgan fingerprint density at radius 2 is 1.72 bits per heavy atom. The van der Waals surface area contributed by atoms with E-state index in [9.17, 15) is 0 Å². The summed E-state index contributed by atoms with van der Waals surface area (Å²) in [5.74, 6) is 0.881. The van der Waals surface area contributed by atoms with Crippen LogP contribution in [0.25, 0.3) is 55.0 Å². The number of aromatic amines is 2. The quantitative estimate of drug-likeness (QED) is 0.295. The van der Waals surface area contributed by atoms with Gasteiger partial charge in [-0.25, -0.2) is 4.98 Å². The topological polar surface area (TPSA) is 57.4 Å². The number of fused-ring (bicyclic) bond motifs is 5. The molecule has 0 saturated carbocycles. The van der Waals surface area contributed by atoms with Gasteiger partial charge in [-0.15, -0.1) is 0 Å². The minimum Gasteiger partial charge on any atom is -0.354 e. The molecule has 29 heavy (non-hydrogen) atoms. The second-order valence-corrected chi connectivity index (χ2v) is 8.47. The molecule has 5 heteroatoms. The summed E-state index contributed by atoms with van der Waals surface area (Å²) < 4.78 is 1.04. The fourth-order valence-electron chi connectivity index (χ4n) is 4.42. The lowest BCUT2D eigenvalue weighted by atomic mass is 9.96. The molecule has 6 rings (SSSR count). The second kappa shape index (κ2) is 5.91. The molecule has 0 aliphatic heterocycles. The normalized spacial score (nSPS) is 12.0. The third-order valence-corrected chi connectivity index (χ3v) is 6.39. The van der Waals surface area contributed by atoms with Crippen molar-refractivity contribution in [3.8, 4) is 11.4 Å². The van der Waals surface area contributed by atoms with Crippen molar-refractivity contribution in [2.24, 2.45) is 0 Å². The van der Waals surface area contributed by atoms with Gasteiger partial charge >= 0.3 is 0 Å². The van der Waals surface area contributed by atoms with Crippen molar-refractivity contribution in [1.82, 2.24) is 19.9 Å². The summed E-state index contributed by atoms with van der Waals surface area (Å²) in [5, 5.41) is 4.93. The van der Waals surface area contributed by atoms with Crippen LogP contribution in [0.15, 0.2) is 59.3 Å². The molecule has 2 N–H and O–H groups in total. The molecule has 0 aliphatic rings. The standard InChI is InChI=1S/C24H17BrN4/c1-12-18-11-26-8-7-16(18)13(2)23-22(12)17-9-14(3-5-19(17)27-23)24-28-20-6-4-15(25)10-21(20)29-24/h3-11,27H,1-2H3,(H,28,29). The fourth-order valence-corrected chi connectivity index (χ4v) is 4.78. The SMILES string of the molecule is Cc1c2ccncc2c(C)c2c1[nH]c1ccc(-c3nc4ccc(Br)cc4[nH]3)cc12. The van der Waals surface area contributed by atoms with Gasteiger partial charge < -0.3 is 9.97 Å². The van der Waals surface area contributed by atoms with Gasteiger partial charge in [0.25, 0.3) is 0 Å². The van der Waals surface area contributed by atoms with Crippen LogP contribution in [0.4, 0.5) is 0 Å². The Kier molecular flexibility index (Phi) is 3.41. The Bertz CT molecular complexity index is 1590. The van der Waals surface area contributed by atoms with Crippen LogP contribution in [0, 0.1) is 13.8 Å². The average molecular weight is 441 g/mol. The molecule has 6 aromatic rings. The summed E-state index contributed by atoms with van der Waals surface area (Å²) in [4.78, 5) is 16.2. The maximum absolute atomic E-state index is 4.79. The number of benzene rings is 3. The van der Waals surface area contributed by atoms with Crippen LogP contribution in [0.3, 0.4) is 0 Å². The van der Waals surface area contributed by atoms with Crippen LogP contribution < -0.4 is 0 Å². The van der Waals surface area contributed by atoms with E-state index in [0.717, 1.165) is 32.4 Å². The zero-order chi connectivity index (χ0) is 19.7. The van der Waals surface area contributed by atoms with Crippen LogP contribution in [0.2, 0.25) is 0 Å². The molecule has 4 nitrogen and oxygen atoms in total. The summed E-state index contributed by atoms with van der Waals surface area (Å²) in [6.07, 6.45) is 3.83. The Morgan fingerprint density at radius 1 is 0.828 bits per heavy atom. The van der Waals surface area contributed by atoms with E-state index in [1.54, 1.807) is 0 Å². The molecule has 140 valence electrons. The molecule has 0 unspecified atom stereocenters. The lowest BCUT2D eigenvalue weighted by molar-refractivity contribution is 1.34. The minimum absolute atomic E-state index is 0.881. The van der Waals surface area contributed by atoms with E-state index in [-0.39, 0.29) is 0 Å². The van der Waals surface area contributed by atoms with E-state index in [2.05, 4.69) is 75.1 Å². The first kappa shape index (κ1) is 16.7. The van der Waals surface area contributed by atoms with Crippen molar-refractivity contribution in [3.05, 3.63) is 70.5 Å². The van der Waals surface area contributed by atoms with Crippen molar-refractivity contribution >= 4 is 59.5 Å². The van der Waals surface area contributed by atoms with Crippen LogP contribution in [0.5, 0.6) is 0 Å². The maximum atomic E-state index is 4.79. The zero-order valence-electron chi connectivity index (χ0n) is 16.0. The molecule has 3 heterocycles. The lowest BCUT2D eigenvalue weighted by Crippen LogP contribution is -1.87. The zero-order valence-corrected chi connectivity index (χ0v) is 17.6. The molecule has 0 amide bonds. The highest BCUT2D eigenvalue weighted by Crippen LogP contribution is 2.37. The van der Waals surface area contributed by atoms with Crippen molar-refractivity contribution in [3.63, 3.8) is 0 Å². The number of H-pyrrole nitrogens is 2. The number of imidazole rings is 1. The molecule has 3 aromatic heterocycles. The third-order valence-electron chi connectivity index (χ3n) is 5.90. The Labute approximate surface area is 175 Å². The lowest BCUT2D eigenvalue weighted by Gasteiger charge is -2.08. The number of rotatable bonds is 1. The van der Waals surface area contributed by atoms with Gasteiger partial charge in [0.2, 0.25) is 0 Å². The van der Waals surface area contributed by atoms with E-state index in [1.165, 1.54) is 38.2 Å². The van der Waals surface area contributed by atoms with Gasteiger partial charge in [-0.05, 0) is 72.8 Å². The van der Waals surface area contributed by atoms with Gasteiger partial charge in [0, 0.05) is 44.1 Å². The number of hydrogen-bond acceptors (Lipinski definition) is 2. The van der Waals surface area contributed by atoms with Crippen LogP contribution >= 0.6 is 15.9 Å². The number of nitrogens with zero attached hydrogens (tertiary/aromatic N) is 2. The molecular formula is C24H17BrN4. The van der Waals surface area contributed by atoms with Crippen LogP contribution in [-0.2, 0) is 0 Å². The Morgan fingerprint density at radius 3 is 2.62 bits per heavy atom. The van der Waals surface area contributed by atoms with Crippen molar-refractivity contribution in [1.29, 1.82) is 0 Å². The molecule has 0 saturated heterocycles. The Balaban J connectivity index is 1.66. The number of halogens is 1. The van der Waals surface area contributed by atoms with Gasteiger partial charge in [-0.1, -0.05) is 15.9 Å². The van der Waals surface area contributed by atoms with Crippen molar-refractivity contribution in [2.45, 2.75) is 13.8 Å². The van der Waals surface area contributed by atoms with E-state index in [0.29, 0.717) is 0 Å². The summed E-state index contributed by atoms with van der Waals surface area (Å²) >= 11 is 3.53. The van der Waals surface area contributed by atoms with Gasteiger partial charge in [0.05, 0.1) is 16.6 Å². The number of pyridine rings is 1. The van der Waals surface area contributed by atoms with Crippen molar-refractivity contribution < 1.29 is 0 Å². The highest BCUT2D eigenvalue weighted by atomic mass is 79.9. The largest absolute Gasteiger partial charge is 0.354 e. The van der Waals surface area contributed by atoms with E-state index < -0.39 is 0 Å². The number of aryl methyl sites for hydroxylation is 2. The monoisotopic (exact) mass is 440 g/mol. The van der Waals surface area contributed by atoms with Crippen molar-refractivity contribution in [2.75, 3.05) is 0 Å². The molecule has 0 fully saturated rings. The molecule has 0 radical (unpaired) electrons. The second-order valence-electron chi connectivity index (χ2n) is 7.55. The Hall–Kier alpha value is -3.18. The van der Waals surface area contributed by atoms with Gasteiger partial charge in [0.1, 0.15) is 5.82 Å². The van der Waals surface area contributed by atoms with Gasteiger partial charge in [0.15, 0.2) is 0 Å². The average Bonchev–Trinajstić information content (AvgIpc) is 3.32. The predicted octanol–water partition coefficient (Wildman–Crippen LogP) is 6.79. The molecule has 3 aromatic carbocycles. The fraction of sp³-hybridized carbons (Fsp3) is 0.0833. The first-order chi connectivity index (χ1) is 14.1. The number of aromatic nitrogens is 4. The predicted molar refractivity (Wildman–Crippen MR) is 123 cm³/mol. The maximum Gasteiger partial charge on any atom is 0.138 e. The molecule has 0 atom stereocenters. The minimum atomic E-state index is 0.881. The molecule has 0 bridgehead atoms. The van der Waals surface area contributed by atoms with Crippen LogP contribution in [-0.4, -0.2) is 19.9 Å². The van der Waals surface area contributed by atoms with Crippen LogP contribution in [0.1, 0.15) is 11.1 Å². The molecular weight excluding hydrogens is 424 g/mol. The smallest absolute Gasteiger partial charge is 0.138 e. The number of hydrogen-bond donors (Lipinski definition) is 2. The highest BCUT2D eigenvalue weighted by Gasteiger charge is 2.15. The van der Waals surface area contributed by atoms with Gasteiger partial charge in [-0.2, -0.15) is 0 Å². The molecule has 0 aliphatic carbocycles. The van der Waals surface area contributed by atoms with E-state index >= 15 is 0 Å². The third kappa shape index (κ3) is 2.37.